The highest BCUT2D eigenvalue weighted by molar-refractivity contribution is 5.99. The number of rotatable bonds is 4. The summed E-state index contributed by atoms with van der Waals surface area (Å²) in [5.74, 6) is -2.15. The Bertz CT molecular complexity index is 719. The Kier molecular flexibility index (Phi) is 5.39. The molecule has 0 aliphatic carbocycles. The van der Waals surface area contributed by atoms with E-state index < -0.39 is 23.7 Å². The quantitative estimate of drug-likeness (QED) is 0.859. The molecule has 0 spiro atoms. The van der Waals surface area contributed by atoms with Gasteiger partial charge in [0.1, 0.15) is 5.82 Å². The van der Waals surface area contributed by atoms with Gasteiger partial charge in [0.05, 0.1) is 30.8 Å². The van der Waals surface area contributed by atoms with Gasteiger partial charge in [0.25, 0.3) is 0 Å². The van der Waals surface area contributed by atoms with Crippen molar-refractivity contribution < 1.29 is 23.5 Å². The lowest BCUT2D eigenvalue weighted by molar-refractivity contribution is -0.139. The highest BCUT2D eigenvalue weighted by Crippen LogP contribution is 2.39. The lowest BCUT2D eigenvalue weighted by Gasteiger charge is -2.30. The number of methoxy groups -OCH3 is 1. The van der Waals surface area contributed by atoms with Gasteiger partial charge in [-0.05, 0) is 38.5 Å². The molecule has 0 amide bonds. The third kappa shape index (κ3) is 3.32. The smallest absolute Gasteiger partial charge is 0.336 e. The molecule has 0 bridgehead atoms. The van der Waals surface area contributed by atoms with Crippen molar-refractivity contribution in [3.63, 3.8) is 0 Å². The Morgan fingerprint density at radius 2 is 1.62 bits per heavy atom. The molecule has 0 saturated heterocycles. The first-order valence-corrected chi connectivity index (χ1v) is 7.60. The second-order valence-corrected chi connectivity index (χ2v) is 5.40. The van der Waals surface area contributed by atoms with Crippen molar-refractivity contribution >= 4 is 11.9 Å². The molecule has 1 N–H and O–H groups in total. The minimum absolute atomic E-state index is 0.210. The van der Waals surface area contributed by atoms with E-state index in [2.05, 4.69) is 5.32 Å². The number of carbonyl (C=O) groups excluding carboxylic acids is 2. The molecule has 0 aromatic heterocycles. The monoisotopic (exact) mass is 333 g/mol. The van der Waals surface area contributed by atoms with Gasteiger partial charge in [-0.15, -0.1) is 0 Å². The van der Waals surface area contributed by atoms with E-state index in [4.69, 9.17) is 9.47 Å². The van der Waals surface area contributed by atoms with E-state index in [9.17, 15) is 14.0 Å². The van der Waals surface area contributed by atoms with Gasteiger partial charge >= 0.3 is 11.9 Å². The second kappa shape index (κ2) is 7.29. The first-order valence-electron chi connectivity index (χ1n) is 7.60. The van der Waals surface area contributed by atoms with Crippen LogP contribution in [-0.2, 0) is 19.1 Å². The standard InChI is InChI=1S/C18H20FNO4/c1-5-24-18(22)15-11(3)20-10(2)14(17(21)23-4)16(15)12-6-8-13(19)9-7-12/h6-9,16,20H,5H2,1-4H3. The summed E-state index contributed by atoms with van der Waals surface area (Å²) in [5, 5.41) is 3.03. The van der Waals surface area contributed by atoms with Crippen molar-refractivity contribution in [3.05, 3.63) is 58.2 Å². The fraction of sp³-hybridized carbons (Fsp3) is 0.333. The maximum Gasteiger partial charge on any atom is 0.336 e. The molecular formula is C18H20FNO4. The maximum atomic E-state index is 13.3. The fourth-order valence-electron chi connectivity index (χ4n) is 2.84. The van der Waals surface area contributed by atoms with Crippen LogP contribution in [0.5, 0.6) is 0 Å². The number of halogens is 1. The van der Waals surface area contributed by atoms with Crippen molar-refractivity contribution in [2.75, 3.05) is 13.7 Å². The second-order valence-electron chi connectivity index (χ2n) is 5.40. The van der Waals surface area contributed by atoms with Gasteiger partial charge in [0.2, 0.25) is 0 Å². The van der Waals surface area contributed by atoms with Crippen LogP contribution in [-0.4, -0.2) is 25.7 Å². The molecule has 1 aromatic rings. The van der Waals surface area contributed by atoms with Gasteiger partial charge < -0.3 is 14.8 Å². The number of carbonyl (C=O) groups is 2. The molecule has 6 heteroatoms. The summed E-state index contributed by atoms with van der Waals surface area (Å²) in [6.07, 6.45) is 0. The SMILES string of the molecule is CCOC(=O)C1=C(C)NC(C)=C(C(=O)OC)C1c1ccc(F)cc1. The zero-order valence-electron chi connectivity index (χ0n) is 14.1. The molecule has 1 unspecified atom stereocenters. The zero-order valence-corrected chi connectivity index (χ0v) is 14.1. The number of hydrogen-bond acceptors (Lipinski definition) is 5. The molecule has 0 saturated carbocycles. The van der Waals surface area contributed by atoms with E-state index in [1.54, 1.807) is 32.9 Å². The first kappa shape index (κ1) is 17.7. The first-order chi connectivity index (χ1) is 11.4. The van der Waals surface area contributed by atoms with Gasteiger partial charge in [0.15, 0.2) is 0 Å². The third-order valence-corrected chi connectivity index (χ3v) is 3.86. The Labute approximate surface area is 140 Å². The largest absolute Gasteiger partial charge is 0.466 e. The summed E-state index contributed by atoms with van der Waals surface area (Å²) >= 11 is 0. The summed E-state index contributed by atoms with van der Waals surface area (Å²) in [5.41, 5.74) is 2.40. The van der Waals surface area contributed by atoms with Gasteiger partial charge in [-0.3, -0.25) is 0 Å². The van der Waals surface area contributed by atoms with E-state index in [1.165, 1.54) is 19.2 Å². The van der Waals surface area contributed by atoms with Crippen LogP contribution in [0, 0.1) is 5.82 Å². The average Bonchev–Trinajstić information content (AvgIpc) is 2.54. The summed E-state index contributed by atoms with van der Waals surface area (Å²) in [4.78, 5) is 24.7. The Balaban J connectivity index is 2.63. The number of hydrogen-bond donors (Lipinski definition) is 1. The van der Waals surface area contributed by atoms with Gasteiger partial charge in [0, 0.05) is 11.4 Å². The van der Waals surface area contributed by atoms with Crippen LogP contribution < -0.4 is 5.32 Å². The molecule has 1 heterocycles. The van der Waals surface area contributed by atoms with Crippen LogP contribution in [0.25, 0.3) is 0 Å². The summed E-state index contributed by atoms with van der Waals surface area (Å²) in [6.45, 7) is 5.38. The van der Waals surface area contributed by atoms with Crippen molar-refractivity contribution in [2.45, 2.75) is 26.7 Å². The number of esters is 2. The van der Waals surface area contributed by atoms with Gasteiger partial charge in [-0.1, -0.05) is 12.1 Å². The van der Waals surface area contributed by atoms with Crippen molar-refractivity contribution in [1.82, 2.24) is 5.32 Å². The average molecular weight is 333 g/mol. The molecule has 5 nitrogen and oxygen atoms in total. The Hall–Kier alpha value is -2.63. The summed E-state index contributed by atoms with van der Waals surface area (Å²) in [7, 11) is 1.28. The van der Waals surface area contributed by atoms with Crippen LogP contribution >= 0.6 is 0 Å². The highest BCUT2D eigenvalue weighted by atomic mass is 19.1. The van der Waals surface area contributed by atoms with Gasteiger partial charge in [-0.2, -0.15) is 0 Å². The minimum Gasteiger partial charge on any atom is -0.466 e. The van der Waals surface area contributed by atoms with Crippen LogP contribution in [0.4, 0.5) is 4.39 Å². The number of ether oxygens (including phenoxy) is 2. The van der Waals surface area contributed by atoms with Crippen molar-refractivity contribution in [2.24, 2.45) is 0 Å². The fourth-order valence-corrected chi connectivity index (χ4v) is 2.84. The Morgan fingerprint density at radius 3 is 2.12 bits per heavy atom. The van der Waals surface area contributed by atoms with E-state index >= 15 is 0 Å². The predicted octanol–water partition coefficient (Wildman–Crippen LogP) is 2.80. The lowest BCUT2D eigenvalue weighted by Crippen LogP contribution is -2.32. The third-order valence-electron chi connectivity index (χ3n) is 3.86. The number of allylic oxidation sites excluding steroid dienone is 2. The number of dihydropyridines is 1. The van der Waals surface area contributed by atoms with Crippen LogP contribution in [0.2, 0.25) is 0 Å². The van der Waals surface area contributed by atoms with Crippen molar-refractivity contribution in [3.8, 4) is 0 Å². The normalized spacial score (nSPS) is 17.5. The molecule has 0 radical (unpaired) electrons. The molecule has 24 heavy (non-hydrogen) atoms. The van der Waals surface area contributed by atoms with E-state index in [0.29, 0.717) is 28.1 Å². The molecule has 128 valence electrons. The van der Waals surface area contributed by atoms with E-state index in [-0.39, 0.29) is 6.61 Å². The predicted molar refractivity (Wildman–Crippen MR) is 86.3 cm³/mol. The number of benzene rings is 1. The Morgan fingerprint density at radius 1 is 1.08 bits per heavy atom. The zero-order chi connectivity index (χ0) is 17.9. The van der Waals surface area contributed by atoms with E-state index in [0.717, 1.165) is 0 Å². The van der Waals surface area contributed by atoms with Gasteiger partial charge in [-0.25, -0.2) is 14.0 Å². The summed E-state index contributed by atoms with van der Waals surface area (Å²) < 4.78 is 23.3. The molecule has 1 aliphatic rings. The number of nitrogens with one attached hydrogen (secondary N) is 1. The topological polar surface area (TPSA) is 64.6 Å². The molecule has 2 rings (SSSR count). The highest BCUT2D eigenvalue weighted by Gasteiger charge is 2.37. The summed E-state index contributed by atoms with van der Waals surface area (Å²) in [6, 6.07) is 5.68. The molecule has 1 atom stereocenters. The molecule has 1 aromatic carbocycles. The maximum absolute atomic E-state index is 13.3. The molecule has 1 aliphatic heterocycles. The van der Waals surface area contributed by atoms with Crippen LogP contribution in [0.3, 0.4) is 0 Å². The lowest BCUT2D eigenvalue weighted by atomic mass is 9.80. The van der Waals surface area contributed by atoms with Crippen LogP contribution in [0.1, 0.15) is 32.3 Å². The van der Waals surface area contributed by atoms with Crippen molar-refractivity contribution in [1.29, 1.82) is 0 Å². The molecular weight excluding hydrogens is 313 g/mol. The van der Waals surface area contributed by atoms with Crippen LogP contribution in [0.15, 0.2) is 46.8 Å². The van der Waals surface area contributed by atoms with E-state index in [1.807, 2.05) is 0 Å². The molecule has 0 fully saturated rings. The minimum atomic E-state index is -0.682.